The first-order valence-corrected chi connectivity index (χ1v) is 11.6. The van der Waals surface area contributed by atoms with Crippen LogP contribution in [0.4, 0.5) is 11.4 Å². The van der Waals surface area contributed by atoms with Crippen molar-refractivity contribution < 1.29 is 27.7 Å². The van der Waals surface area contributed by atoms with Gasteiger partial charge in [0, 0.05) is 17.0 Å². The summed E-state index contributed by atoms with van der Waals surface area (Å²) in [5.41, 5.74) is -0.0879. The van der Waals surface area contributed by atoms with Crippen molar-refractivity contribution in [3.63, 3.8) is 0 Å². The fourth-order valence-corrected chi connectivity index (χ4v) is 4.33. The number of amides is 2. The summed E-state index contributed by atoms with van der Waals surface area (Å²) in [7, 11) is -2.81. The van der Waals surface area contributed by atoms with Gasteiger partial charge in [0.1, 0.15) is 17.0 Å². The van der Waals surface area contributed by atoms with Crippen LogP contribution in [-0.4, -0.2) is 37.2 Å². The highest BCUT2D eigenvalue weighted by Crippen LogP contribution is 2.32. The number of nitro groups is 1. The molecular formula is C23H18N4O7S. The van der Waals surface area contributed by atoms with E-state index in [4.69, 9.17) is 4.74 Å². The van der Waals surface area contributed by atoms with E-state index in [1.54, 1.807) is 30.3 Å². The molecule has 1 aromatic heterocycles. The van der Waals surface area contributed by atoms with Gasteiger partial charge in [-0.1, -0.05) is 18.2 Å². The number of nitrogens with one attached hydrogen (secondary N) is 3. The average molecular weight is 494 g/mol. The van der Waals surface area contributed by atoms with Crippen LogP contribution in [0.2, 0.25) is 0 Å². The van der Waals surface area contributed by atoms with Crippen LogP contribution in [0.15, 0.2) is 77.7 Å². The van der Waals surface area contributed by atoms with E-state index in [1.165, 1.54) is 49.6 Å². The number of ether oxygens (including phenoxy) is 1. The minimum absolute atomic E-state index is 0.0483. The molecule has 0 saturated heterocycles. The van der Waals surface area contributed by atoms with E-state index >= 15 is 0 Å². The Morgan fingerprint density at radius 1 is 0.971 bits per heavy atom. The number of nitro benzene ring substituents is 1. The molecule has 0 atom stereocenters. The summed E-state index contributed by atoms with van der Waals surface area (Å²) in [4.78, 5) is 38.6. The number of sulfonamides is 1. The third kappa shape index (κ3) is 4.82. The maximum atomic E-state index is 12.8. The number of hydrogen-bond donors (Lipinski definition) is 3. The molecule has 178 valence electrons. The molecule has 1 heterocycles. The van der Waals surface area contributed by atoms with E-state index in [9.17, 15) is 28.1 Å². The van der Waals surface area contributed by atoms with E-state index in [0.717, 1.165) is 0 Å². The molecule has 12 heteroatoms. The first-order valence-electron chi connectivity index (χ1n) is 10.1. The summed E-state index contributed by atoms with van der Waals surface area (Å²) in [6, 6.07) is 17.4. The summed E-state index contributed by atoms with van der Waals surface area (Å²) in [6.45, 7) is 0. The van der Waals surface area contributed by atoms with Crippen LogP contribution in [0.1, 0.15) is 20.8 Å². The molecule has 0 saturated carbocycles. The molecular weight excluding hydrogens is 476 g/mol. The maximum absolute atomic E-state index is 12.8. The molecule has 4 aromatic rings. The van der Waals surface area contributed by atoms with Crippen molar-refractivity contribution in [3.05, 3.63) is 94.2 Å². The van der Waals surface area contributed by atoms with E-state index in [-0.39, 0.29) is 32.9 Å². The van der Waals surface area contributed by atoms with E-state index in [2.05, 4.69) is 10.3 Å². The number of methoxy groups -OCH3 is 1. The average Bonchev–Trinajstić information content (AvgIpc) is 3.30. The molecule has 2 amide bonds. The Labute approximate surface area is 198 Å². The predicted octanol–water partition coefficient (Wildman–Crippen LogP) is 3.46. The van der Waals surface area contributed by atoms with Crippen LogP contribution in [0.25, 0.3) is 10.9 Å². The van der Waals surface area contributed by atoms with E-state index in [0.29, 0.717) is 11.3 Å². The second-order valence-corrected chi connectivity index (χ2v) is 8.97. The molecule has 3 aromatic carbocycles. The molecule has 0 radical (unpaired) electrons. The highest BCUT2D eigenvalue weighted by Gasteiger charge is 2.24. The zero-order chi connectivity index (χ0) is 25.2. The maximum Gasteiger partial charge on any atom is 0.293 e. The monoisotopic (exact) mass is 494 g/mol. The van der Waals surface area contributed by atoms with Crippen molar-refractivity contribution >= 4 is 44.1 Å². The fourth-order valence-electron chi connectivity index (χ4n) is 3.36. The Morgan fingerprint density at radius 2 is 1.66 bits per heavy atom. The number of anilines is 1. The SMILES string of the molecule is COc1ccc(S(=O)(=O)NC(=O)c2cc3c(NC(=O)c4ccccc4)ccc([N+](=O)[O-])c3[nH]2)cc1. The number of fused-ring (bicyclic) bond motifs is 1. The summed E-state index contributed by atoms with van der Waals surface area (Å²) in [5.74, 6) is -1.06. The molecule has 0 aliphatic carbocycles. The number of carbonyl (C=O) groups excluding carboxylic acids is 2. The lowest BCUT2D eigenvalue weighted by Crippen LogP contribution is -2.30. The van der Waals surface area contributed by atoms with Gasteiger partial charge in [0.2, 0.25) is 0 Å². The molecule has 0 bridgehead atoms. The van der Waals surface area contributed by atoms with Crippen molar-refractivity contribution in [2.24, 2.45) is 0 Å². The second kappa shape index (κ2) is 9.27. The molecule has 3 N–H and O–H groups in total. The van der Waals surface area contributed by atoms with Crippen LogP contribution in [0.5, 0.6) is 5.75 Å². The minimum Gasteiger partial charge on any atom is -0.497 e. The Bertz CT molecular complexity index is 1550. The van der Waals surface area contributed by atoms with Crippen molar-refractivity contribution in [1.29, 1.82) is 0 Å². The van der Waals surface area contributed by atoms with Crippen LogP contribution in [-0.2, 0) is 10.0 Å². The summed E-state index contributed by atoms with van der Waals surface area (Å²) in [6.07, 6.45) is 0. The number of benzene rings is 3. The van der Waals surface area contributed by atoms with Crippen molar-refractivity contribution in [2.45, 2.75) is 4.90 Å². The zero-order valence-electron chi connectivity index (χ0n) is 18.1. The molecule has 0 unspecified atom stereocenters. The quantitative estimate of drug-likeness (QED) is 0.262. The smallest absolute Gasteiger partial charge is 0.293 e. The van der Waals surface area contributed by atoms with Crippen LogP contribution in [0, 0.1) is 10.1 Å². The number of hydrogen-bond acceptors (Lipinski definition) is 7. The van der Waals surface area contributed by atoms with Gasteiger partial charge in [-0.15, -0.1) is 0 Å². The number of nitrogens with zero attached hydrogens (tertiary/aromatic N) is 1. The third-order valence-corrected chi connectivity index (χ3v) is 6.44. The summed E-state index contributed by atoms with van der Waals surface area (Å²) >= 11 is 0. The number of non-ortho nitro benzene ring substituents is 1. The summed E-state index contributed by atoms with van der Waals surface area (Å²) in [5, 5.41) is 14.3. The van der Waals surface area contributed by atoms with Crippen LogP contribution < -0.4 is 14.8 Å². The van der Waals surface area contributed by atoms with Gasteiger partial charge in [-0.25, -0.2) is 13.1 Å². The molecule has 11 nitrogen and oxygen atoms in total. The number of rotatable bonds is 7. The van der Waals surface area contributed by atoms with Gasteiger partial charge < -0.3 is 15.0 Å². The van der Waals surface area contributed by atoms with Gasteiger partial charge in [0.25, 0.3) is 27.5 Å². The van der Waals surface area contributed by atoms with Gasteiger partial charge >= 0.3 is 0 Å². The highest BCUT2D eigenvalue weighted by molar-refractivity contribution is 7.90. The lowest BCUT2D eigenvalue weighted by atomic mass is 10.1. The first kappa shape index (κ1) is 23.4. The Morgan fingerprint density at radius 3 is 2.29 bits per heavy atom. The third-order valence-electron chi connectivity index (χ3n) is 5.09. The van der Waals surface area contributed by atoms with Gasteiger partial charge in [-0.05, 0) is 48.5 Å². The molecule has 4 rings (SSSR count). The van der Waals surface area contributed by atoms with E-state index < -0.39 is 26.8 Å². The molecule has 0 fully saturated rings. The standard InChI is InChI=1S/C23H18N4O7S/c1-34-15-7-9-16(10-8-15)35(32,33)26-23(29)19-13-17-18(11-12-20(27(30)31)21(17)24-19)25-22(28)14-5-3-2-4-6-14/h2-13,24H,1H3,(H,25,28)(H,26,29). The van der Waals surface area contributed by atoms with Crippen molar-refractivity contribution in [2.75, 3.05) is 12.4 Å². The summed E-state index contributed by atoms with van der Waals surface area (Å²) < 4.78 is 32.2. The normalized spacial score (nSPS) is 11.1. The van der Waals surface area contributed by atoms with Gasteiger partial charge in [-0.3, -0.25) is 19.7 Å². The van der Waals surface area contributed by atoms with Crippen molar-refractivity contribution in [1.82, 2.24) is 9.71 Å². The number of H-pyrrole nitrogens is 1. The zero-order valence-corrected chi connectivity index (χ0v) is 19.0. The first-order chi connectivity index (χ1) is 16.7. The molecule has 0 spiro atoms. The van der Waals surface area contributed by atoms with Gasteiger partial charge in [-0.2, -0.15) is 0 Å². The molecule has 35 heavy (non-hydrogen) atoms. The number of carbonyl (C=O) groups is 2. The van der Waals surface area contributed by atoms with Gasteiger partial charge in [0.15, 0.2) is 0 Å². The number of aromatic nitrogens is 1. The Hall–Kier alpha value is -4.71. The lowest BCUT2D eigenvalue weighted by molar-refractivity contribution is -0.383. The largest absolute Gasteiger partial charge is 0.497 e. The predicted molar refractivity (Wildman–Crippen MR) is 127 cm³/mol. The van der Waals surface area contributed by atoms with Crippen molar-refractivity contribution in [3.8, 4) is 5.75 Å². The lowest BCUT2D eigenvalue weighted by Gasteiger charge is -2.07. The highest BCUT2D eigenvalue weighted by atomic mass is 32.2. The second-order valence-electron chi connectivity index (χ2n) is 7.29. The Balaban J connectivity index is 1.68. The van der Waals surface area contributed by atoms with Gasteiger partial charge in [0.05, 0.1) is 22.6 Å². The minimum atomic E-state index is -4.24. The topological polar surface area (TPSA) is 160 Å². The van der Waals surface area contributed by atoms with Crippen LogP contribution >= 0.6 is 0 Å². The molecule has 0 aliphatic rings. The molecule has 0 aliphatic heterocycles. The number of aromatic amines is 1. The fraction of sp³-hybridized carbons (Fsp3) is 0.0435. The van der Waals surface area contributed by atoms with E-state index in [1.807, 2.05) is 4.72 Å². The van der Waals surface area contributed by atoms with Crippen LogP contribution in [0.3, 0.4) is 0 Å². The Kier molecular flexibility index (Phi) is 6.21.